The molecule has 0 bridgehead atoms. The zero-order valence-corrected chi connectivity index (χ0v) is 19.7. The number of hydrogen-bond donors (Lipinski definition) is 0. The third-order valence-electron chi connectivity index (χ3n) is 6.67. The Labute approximate surface area is 196 Å². The normalized spacial score (nSPS) is 16.8. The van der Waals surface area contributed by atoms with Crippen LogP contribution in [0.4, 0.5) is 4.39 Å². The number of pyridine rings is 1. The van der Waals surface area contributed by atoms with Gasteiger partial charge in [0.1, 0.15) is 5.82 Å². The molecule has 0 aliphatic heterocycles. The molecule has 2 saturated carbocycles. The summed E-state index contributed by atoms with van der Waals surface area (Å²) in [6, 6.07) is 9.62. The zero-order valence-electron chi connectivity index (χ0n) is 19.7. The van der Waals surface area contributed by atoms with Crippen molar-refractivity contribution in [3.63, 3.8) is 0 Å². The van der Waals surface area contributed by atoms with Crippen LogP contribution in [0.5, 0.6) is 5.88 Å². The number of halogens is 1. The molecule has 0 atom stereocenters. The van der Waals surface area contributed by atoms with E-state index >= 15 is 4.39 Å². The van der Waals surface area contributed by atoms with Gasteiger partial charge in [-0.25, -0.2) is 9.37 Å². The van der Waals surface area contributed by atoms with Gasteiger partial charge in [0.15, 0.2) is 0 Å². The number of rotatable bonds is 10. The van der Waals surface area contributed by atoms with Crippen LogP contribution in [0.2, 0.25) is 0 Å². The van der Waals surface area contributed by atoms with Crippen LogP contribution < -0.4 is 4.74 Å². The number of hydrogen-bond acceptors (Lipinski definition) is 4. The largest absolute Gasteiger partial charge is 0.481 e. The molecule has 1 aromatic carbocycles. The molecule has 0 saturated heterocycles. The molecule has 1 aromatic heterocycles. The van der Waals surface area contributed by atoms with Crippen LogP contribution >= 0.6 is 0 Å². The monoisotopic (exact) mass is 451 g/mol. The molecule has 2 aliphatic carbocycles. The summed E-state index contributed by atoms with van der Waals surface area (Å²) in [6.07, 6.45) is 10.8. The molecule has 0 unspecified atom stereocenters. The average Bonchev–Trinajstić information content (AvgIpc) is 3.53. The second-order valence-electron chi connectivity index (χ2n) is 9.16. The Balaban J connectivity index is 1.59. The quantitative estimate of drug-likeness (QED) is 0.381. The molecule has 0 N–H and O–H groups in total. The van der Waals surface area contributed by atoms with Crippen molar-refractivity contribution in [3.05, 3.63) is 64.6 Å². The molecule has 4 rings (SSSR count). The molecule has 4 nitrogen and oxygen atoms in total. The van der Waals surface area contributed by atoms with E-state index in [1.165, 1.54) is 31.2 Å². The van der Waals surface area contributed by atoms with Gasteiger partial charge in [0.2, 0.25) is 5.88 Å². The van der Waals surface area contributed by atoms with E-state index in [1.54, 1.807) is 20.1 Å². The number of carbonyl (C=O) groups excluding carboxylic acids is 1. The van der Waals surface area contributed by atoms with Crippen LogP contribution in [-0.2, 0) is 16.0 Å². The van der Waals surface area contributed by atoms with Crippen molar-refractivity contribution in [1.82, 2.24) is 4.98 Å². The fourth-order valence-electron chi connectivity index (χ4n) is 4.73. The molecule has 2 aliphatic rings. The maximum atomic E-state index is 15.0. The minimum absolute atomic E-state index is 0.231. The molecule has 0 amide bonds. The van der Waals surface area contributed by atoms with Crippen LogP contribution in [0.15, 0.2) is 36.4 Å². The van der Waals surface area contributed by atoms with Gasteiger partial charge >= 0.3 is 5.97 Å². The average molecular weight is 452 g/mol. The second-order valence-corrected chi connectivity index (χ2v) is 9.16. The van der Waals surface area contributed by atoms with Crippen LogP contribution in [0.25, 0.3) is 5.57 Å². The van der Waals surface area contributed by atoms with Crippen molar-refractivity contribution in [3.8, 4) is 5.88 Å². The van der Waals surface area contributed by atoms with Gasteiger partial charge < -0.3 is 9.47 Å². The van der Waals surface area contributed by atoms with Crippen molar-refractivity contribution in [2.45, 2.75) is 70.6 Å². The lowest BCUT2D eigenvalue weighted by Gasteiger charge is -2.15. The minimum Gasteiger partial charge on any atom is -0.481 e. The predicted molar refractivity (Wildman–Crippen MR) is 128 cm³/mol. The lowest BCUT2D eigenvalue weighted by molar-refractivity contribution is -0.143. The highest BCUT2D eigenvalue weighted by Crippen LogP contribution is 2.44. The maximum absolute atomic E-state index is 15.0. The number of aryl methyl sites for hydroxylation is 1. The van der Waals surface area contributed by atoms with Crippen LogP contribution in [0.1, 0.15) is 86.6 Å². The molecule has 0 radical (unpaired) electrons. The van der Waals surface area contributed by atoms with E-state index in [0.29, 0.717) is 49.1 Å². The highest BCUT2D eigenvalue weighted by Gasteiger charge is 2.28. The summed E-state index contributed by atoms with van der Waals surface area (Å²) in [6.45, 7) is 2.16. The lowest BCUT2D eigenvalue weighted by Crippen LogP contribution is -2.05. The van der Waals surface area contributed by atoms with Crippen LogP contribution in [-0.4, -0.2) is 24.7 Å². The van der Waals surface area contributed by atoms with Gasteiger partial charge in [0, 0.05) is 17.6 Å². The number of aromatic nitrogens is 1. The predicted octanol–water partition coefficient (Wildman–Crippen LogP) is 6.61. The first-order valence-corrected chi connectivity index (χ1v) is 12.3. The first-order valence-electron chi connectivity index (χ1n) is 12.3. The molecule has 0 spiro atoms. The van der Waals surface area contributed by atoms with Crippen molar-refractivity contribution in [1.29, 1.82) is 0 Å². The summed E-state index contributed by atoms with van der Waals surface area (Å²) in [7, 11) is 1.67. The third-order valence-corrected chi connectivity index (χ3v) is 6.67. The molecular formula is C28H34FNO3. The van der Waals surface area contributed by atoms with Crippen LogP contribution in [0, 0.1) is 11.7 Å². The Morgan fingerprint density at radius 2 is 1.94 bits per heavy atom. The summed E-state index contributed by atoms with van der Waals surface area (Å²) in [4.78, 5) is 16.4. The van der Waals surface area contributed by atoms with E-state index < -0.39 is 0 Å². The number of benzene rings is 1. The SMILES string of the molecule is CCOC(=O)CCCc1ccc(/C(=C\C2CCCC2)c2ccc(C3CC3)c(OC)n2)cc1F. The van der Waals surface area contributed by atoms with E-state index in [1.807, 2.05) is 12.1 Å². The molecule has 176 valence electrons. The first-order chi connectivity index (χ1) is 16.1. The number of nitrogens with zero attached hydrogens (tertiary/aromatic N) is 1. The smallest absolute Gasteiger partial charge is 0.305 e. The van der Waals surface area contributed by atoms with Gasteiger partial charge in [-0.15, -0.1) is 0 Å². The molecule has 2 aromatic rings. The van der Waals surface area contributed by atoms with Gasteiger partial charge in [-0.05, 0) is 80.5 Å². The fourth-order valence-corrected chi connectivity index (χ4v) is 4.73. The molecule has 2 fully saturated rings. The van der Waals surface area contributed by atoms with Gasteiger partial charge in [-0.3, -0.25) is 4.79 Å². The number of methoxy groups -OCH3 is 1. The third kappa shape index (κ3) is 6.01. The van der Waals surface area contributed by atoms with Crippen molar-refractivity contribution in [2.24, 2.45) is 5.92 Å². The highest BCUT2D eigenvalue weighted by atomic mass is 19.1. The topological polar surface area (TPSA) is 48.4 Å². The van der Waals surface area contributed by atoms with Gasteiger partial charge in [0.25, 0.3) is 0 Å². The van der Waals surface area contributed by atoms with E-state index in [9.17, 15) is 4.79 Å². The van der Waals surface area contributed by atoms with Crippen molar-refractivity contribution < 1.29 is 18.7 Å². The summed E-state index contributed by atoms with van der Waals surface area (Å²) in [5.74, 6) is 1.25. The minimum atomic E-state index is -0.241. The standard InChI is InChI=1S/C28H34FNO3/c1-3-33-27(31)10-6-9-21-13-14-22(18-25(21)29)24(17-19-7-4-5-8-19)26-16-15-23(20-11-12-20)28(30-26)32-2/h13-20H,3-12H2,1-2H3/b24-17+. The van der Waals surface area contributed by atoms with Gasteiger partial charge in [-0.2, -0.15) is 0 Å². The summed E-state index contributed by atoms with van der Waals surface area (Å²) in [5, 5.41) is 0. The van der Waals surface area contributed by atoms with E-state index in [-0.39, 0.29) is 11.8 Å². The van der Waals surface area contributed by atoms with Gasteiger partial charge in [-0.1, -0.05) is 37.1 Å². The van der Waals surface area contributed by atoms with Crippen LogP contribution in [0.3, 0.4) is 0 Å². The number of esters is 1. The Bertz CT molecular complexity index is 1010. The number of carbonyl (C=O) groups is 1. The second kappa shape index (κ2) is 11.0. The fraction of sp³-hybridized carbons (Fsp3) is 0.500. The molecule has 5 heteroatoms. The Kier molecular flexibility index (Phi) is 7.79. The Morgan fingerprint density at radius 3 is 2.61 bits per heavy atom. The van der Waals surface area contributed by atoms with E-state index in [4.69, 9.17) is 14.5 Å². The van der Waals surface area contributed by atoms with E-state index in [2.05, 4.69) is 18.2 Å². The summed E-state index contributed by atoms with van der Waals surface area (Å²) in [5.41, 5.74) is 4.43. The Morgan fingerprint density at radius 1 is 1.15 bits per heavy atom. The summed E-state index contributed by atoms with van der Waals surface area (Å²) >= 11 is 0. The zero-order chi connectivity index (χ0) is 23.2. The van der Waals surface area contributed by atoms with Gasteiger partial charge in [0.05, 0.1) is 19.4 Å². The lowest BCUT2D eigenvalue weighted by atomic mass is 9.94. The molecule has 33 heavy (non-hydrogen) atoms. The van der Waals surface area contributed by atoms with Crippen molar-refractivity contribution >= 4 is 11.5 Å². The molecule has 1 heterocycles. The first kappa shape index (κ1) is 23.5. The summed E-state index contributed by atoms with van der Waals surface area (Å²) < 4.78 is 25.6. The number of allylic oxidation sites excluding steroid dienone is 1. The van der Waals surface area contributed by atoms with Crippen molar-refractivity contribution in [2.75, 3.05) is 13.7 Å². The molecular weight excluding hydrogens is 417 g/mol. The number of ether oxygens (including phenoxy) is 2. The maximum Gasteiger partial charge on any atom is 0.305 e. The van der Waals surface area contributed by atoms with E-state index in [0.717, 1.165) is 29.7 Å². The Hall–Kier alpha value is -2.69. The highest BCUT2D eigenvalue weighted by molar-refractivity contribution is 5.78.